The van der Waals surface area contributed by atoms with Crippen LogP contribution in [0.5, 0.6) is 11.5 Å². The number of anilines is 1. The SMILES string of the molecule is COc1ccc(CC(C#N)(Cc2ccc(OC)c(F)c2)C(=O)Nc2ccc(F)cc2F)cc1F. The monoisotopic (exact) mass is 472 g/mol. The van der Waals surface area contributed by atoms with Crippen molar-refractivity contribution in [3.63, 3.8) is 0 Å². The lowest BCUT2D eigenvalue weighted by Gasteiger charge is -2.26. The number of carbonyl (C=O) groups excluding carboxylic acids is 1. The van der Waals surface area contributed by atoms with Crippen molar-refractivity contribution in [1.29, 1.82) is 5.26 Å². The number of hydrogen-bond donors (Lipinski definition) is 1. The second-order valence-corrected chi connectivity index (χ2v) is 7.56. The van der Waals surface area contributed by atoms with Gasteiger partial charge in [0.25, 0.3) is 0 Å². The van der Waals surface area contributed by atoms with Crippen molar-refractivity contribution in [3.05, 3.63) is 89.0 Å². The molecule has 0 saturated carbocycles. The first-order valence-corrected chi connectivity index (χ1v) is 10.0. The molecule has 34 heavy (non-hydrogen) atoms. The largest absolute Gasteiger partial charge is 0.494 e. The Balaban J connectivity index is 2.02. The van der Waals surface area contributed by atoms with E-state index in [1.165, 1.54) is 38.5 Å². The predicted molar refractivity (Wildman–Crippen MR) is 116 cm³/mol. The second-order valence-electron chi connectivity index (χ2n) is 7.56. The first-order chi connectivity index (χ1) is 16.2. The van der Waals surface area contributed by atoms with Crippen molar-refractivity contribution in [2.24, 2.45) is 5.41 Å². The number of nitriles is 1. The molecule has 1 N–H and O–H groups in total. The van der Waals surface area contributed by atoms with Crippen LogP contribution in [0.1, 0.15) is 11.1 Å². The molecule has 3 rings (SSSR count). The number of nitrogens with one attached hydrogen (secondary N) is 1. The van der Waals surface area contributed by atoms with Crippen molar-refractivity contribution >= 4 is 11.6 Å². The zero-order valence-electron chi connectivity index (χ0n) is 18.3. The second kappa shape index (κ2) is 10.3. The van der Waals surface area contributed by atoms with Gasteiger partial charge in [-0.3, -0.25) is 4.79 Å². The van der Waals surface area contributed by atoms with E-state index in [1.54, 1.807) is 0 Å². The third-order valence-electron chi connectivity index (χ3n) is 5.27. The maximum atomic E-state index is 14.3. The molecule has 9 heteroatoms. The summed E-state index contributed by atoms with van der Waals surface area (Å²) >= 11 is 0. The first kappa shape index (κ1) is 24.6. The highest BCUT2D eigenvalue weighted by Crippen LogP contribution is 2.32. The van der Waals surface area contributed by atoms with E-state index in [9.17, 15) is 27.6 Å². The fourth-order valence-corrected chi connectivity index (χ4v) is 3.52. The molecule has 0 fully saturated rings. The first-order valence-electron chi connectivity index (χ1n) is 10.0. The molecule has 0 aliphatic rings. The van der Waals surface area contributed by atoms with Crippen LogP contribution in [0.3, 0.4) is 0 Å². The quantitative estimate of drug-likeness (QED) is 0.458. The normalized spacial score (nSPS) is 11.0. The van der Waals surface area contributed by atoms with Crippen LogP contribution in [-0.2, 0) is 17.6 Å². The van der Waals surface area contributed by atoms with Crippen LogP contribution in [-0.4, -0.2) is 20.1 Å². The number of rotatable bonds is 8. The molecule has 0 aliphatic carbocycles. The fraction of sp³-hybridized carbons (Fsp3) is 0.200. The summed E-state index contributed by atoms with van der Waals surface area (Å²) in [6, 6.07) is 12.4. The summed E-state index contributed by atoms with van der Waals surface area (Å²) in [5.74, 6) is -4.26. The van der Waals surface area contributed by atoms with Gasteiger partial charge in [-0.1, -0.05) is 12.1 Å². The van der Waals surface area contributed by atoms with Crippen molar-refractivity contribution in [2.75, 3.05) is 19.5 Å². The average Bonchev–Trinajstić information content (AvgIpc) is 2.80. The van der Waals surface area contributed by atoms with Gasteiger partial charge in [-0.25, -0.2) is 17.6 Å². The highest BCUT2D eigenvalue weighted by Gasteiger charge is 2.40. The van der Waals surface area contributed by atoms with Gasteiger partial charge in [0.05, 0.1) is 26.0 Å². The lowest BCUT2D eigenvalue weighted by Crippen LogP contribution is -2.39. The third-order valence-corrected chi connectivity index (χ3v) is 5.27. The third kappa shape index (κ3) is 5.29. The van der Waals surface area contributed by atoms with E-state index < -0.39 is 34.6 Å². The highest BCUT2D eigenvalue weighted by molar-refractivity contribution is 5.97. The molecule has 0 heterocycles. The maximum absolute atomic E-state index is 14.3. The van der Waals surface area contributed by atoms with Gasteiger partial charge in [0, 0.05) is 18.9 Å². The molecule has 3 aromatic carbocycles. The Morgan fingerprint density at radius 3 is 1.79 bits per heavy atom. The molecule has 0 bridgehead atoms. The maximum Gasteiger partial charge on any atom is 0.245 e. The summed E-state index contributed by atoms with van der Waals surface area (Å²) in [6.45, 7) is 0. The number of ether oxygens (including phenoxy) is 2. The fourth-order valence-electron chi connectivity index (χ4n) is 3.52. The molecular weight excluding hydrogens is 452 g/mol. The van der Waals surface area contributed by atoms with Gasteiger partial charge in [-0.15, -0.1) is 0 Å². The van der Waals surface area contributed by atoms with E-state index in [0.29, 0.717) is 6.07 Å². The minimum atomic E-state index is -1.90. The molecule has 0 radical (unpaired) electrons. The van der Waals surface area contributed by atoms with Gasteiger partial charge in [0.2, 0.25) is 5.91 Å². The molecular formula is C25H20F4N2O3. The molecule has 0 atom stereocenters. The summed E-state index contributed by atoms with van der Waals surface area (Å²) in [5, 5.41) is 12.4. The van der Waals surface area contributed by atoms with Gasteiger partial charge >= 0.3 is 0 Å². The highest BCUT2D eigenvalue weighted by atomic mass is 19.1. The minimum absolute atomic E-state index is 0.0265. The Bertz CT molecular complexity index is 1200. The predicted octanol–water partition coefficient (Wildman–Crippen LogP) is 5.19. The smallest absolute Gasteiger partial charge is 0.245 e. The molecule has 0 aliphatic heterocycles. The molecule has 0 spiro atoms. The molecule has 176 valence electrons. The molecule has 5 nitrogen and oxygen atoms in total. The summed E-state index contributed by atoms with van der Waals surface area (Å²) in [7, 11) is 2.58. The average molecular weight is 472 g/mol. The summed E-state index contributed by atoms with van der Waals surface area (Å²) in [5.41, 5.74) is -1.68. The zero-order chi connectivity index (χ0) is 24.9. The Labute approximate surface area is 193 Å². The van der Waals surface area contributed by atoms with Crippen molar-refractivity contribution in [2.45, 2.75) is 12.8 Å². The van der Waals surface area contributed by atoms with Crippen LogP contribution in [0.15, 0.2) is 54.6 Å². The van der Waals surface area contributed by atoms with Gasteiger partial charge in [0.1, 0.15) is 17.0 Å². The number of benzene rings is 3. The Hall–Kier alpha value is -4.06. The Morgan fingerprint density at radius 2 is 1.38 bits per heavy atom. The van der Waals surface area contributed by atoms with Crippen LogP contribution in [0.25, 0.3) is 0 Å². The summed E-state index contributed by atoms with van der Waals surface area (Å²) < 4.78 is 65.8. The number of carbonyl (C=O) groups is 1. The lowest BCUT2D eigenvalue weighted by molar-refractivity contribution is -0.122. The van der Waals surface area contributed by atoms with E-state index in [4.69, 9.17) is 9.47 Å². The van der Waals surface area contributed by atoms with Crippen LogP contribution in [0.2, 0.25) is 0 Å². The van der Waals surface area contributed by atoms with Crippen molar-refractivity contribution in [3.8, 4) is 17.6 Å². The molecule has 0 unspecified atom stereocenters. The van der Waals surface area contributed by atoms with Crippen LogP contribution >= 0.6 is 0 Å². The lowest BCUT2D eigenvalue weighted by atomic mass is 9.76. The van der Waals surface area contributed by atoms with Crippen LogP contribution in [0, 0.1) is 40.0 Å². The summed E-state index contributed by atoms with van der Waals surface area (Å²) in [6.07, 6.45) is -0.570. The molecule has 3 aromatic rings. The van der Waals surface area contributed by atoms with Gasteiger partial charge in [-0.05, 0) is 47.5 Å². The number of halogens is 4. The molecule has 1 amide bonds. The van der Waals surface area contributed by atoms with Crippen LogP contribution in [0.4, 0.5) is 23.2 Å². The van der Waals surface area contributed by atoms with E-state index in [1.807, 2.05) is 6.07 Å². The number of amides is 1. The number of hydrogen-bond acceptors (Lipinski definition) is 4. The van der Waals surface area contributed by atoms with Crippen LogP contribution < -0.4 is 14.8 Å². The van der Waals surface area contributed by atoms with Gasteiger partial charge in [0.15, 0.2) is 23.1 Å². The van der Waals surface area contributed by atoms with E-state index in [-0.39, 0.29) is 41.2 Å². The number of methoxy groups -OCH3 is 2. The summed E-state index contributed by atoms with van der Waals surface area (Å²) in [4.78, 5) is 13.3. The number of nitrogens with zero attached hydrogens (tertiary/aromatic N) is 1. The zero-order valence-corrected chi connectivity index (χ0v) is 18.3. The minimum Gasteiger partial charge on any atom is -0.494 e. The topological polar surface area (TPSA) is 71.3 Å². The van der Waals surface area contributed by atoms with Gasteiger partial charge < -0.3 is 14.8 Å². The van der Waals surface area contributed by atoms with E-state index >= 15 is 0 Å². The van der Waals surface area contributed by atoms with Crippen molar-refractivity contribution in [1.82, 2.24) is 0 Å². The Kier molecular flexibility index (Phi) is 7.41. The van der Waals surface area contributed by atoms with E-state index in [0.717, 1.165) is 24.3 Å². The molecule has 0 saturated heterocycles. The standard InChI is InChI=1S/C25H20F4N2O3/c1-33-22-7-3-15(9-19(22)28)12-25(14-30,13-16-4-8-23(34-2)20(29)10-16)24(32)31-21-6-5-17(26)11-18(21)27/h3-11H,12-13H2,1-2H3,(H,31,32). The van der Waals surface area contributed by atoms with Gasteiger partial charge in [-0.2, -0.15) is 5.26 Å². The Morgan fingerprint density at radius 1 is 0.853 bits per heavy atom. The van der Waals surface area contributed by atoms with E-state index in [2.05, 4.69) is 5.32 Å². The van der Waals surface area contributed by atoms with Crippen molar-refractivity contribution < 1.29 is 31.8 Å². The molecule has 0 aromatic heterocycles.